The average Bonchev–Trinajstić information content (AvgIpc) is 2.73. The molecule has 32 heavy (non-hydrogen) atoms. The maximum atomic E-state index is 13.4. The summed E-state index contributed by atoms with van der Waals surface area (Å²) in [7, 11) is -2.33. The number of rotatable bonds is 9. The first-order chi connectivity index (χ1) is 15.0. The van der Waals surface area contributed by atoms with E-state index in [1.807, 2.05) is 0 Å². The van der Waals surface area contributed by atoms with Crippen LogP contribution in [0, 0.1) is 0 Å². The largest absolute Gasteiger partial charge is 0.357 e. The highest BCUT2D eigenvalue weighted by atomic mass is 35.5. The van der Waals surface area contributed by atoms with Crippen molar-refractivity contribution in [2.45, 2.75) is 25.9 Å². The van der Waals surface area contributed by atoms with E-state index < -0.39 is 28.5 Å². The van der Waals surface area contributed by atoms with Crippen molar-refractivity contribution in [3.8, 4) is 0 Å². The molecule has 174 valence electrons. The standard InChI is InChI=1S/C21H24Cl3N3O4S/c1-4-19(21(29)25-2)26(12-14-5-6-16(23)11-18(14)24)20(28)13-27(32(3,30)31)17-9-7-15(22)8-10-17/h5-11,19H,4,12-13H2,1-3H3,(H,25,29). The molecule has 0 spiro atoms. The van der Waals surface area contributed by atoms with Gasteiger partial charge in [-0.3, -0.25) is 13.9 Å². The lowest BCUT2D eigenvalue weighted by Gasteiger charge is -2.32. The van der Waals surface area contributed by atoms with E-state index in [4.69, 9.17) is 34.8 Å². The topological polar surface area (TPSA) is 86.8 Å². The van der Waals surface area contributed by atoms with Crippen molar-refractivity contribution >= 4 is 62.3 Å². The van der Waals surface area contributed by atoms with Crippen LogP contribution in [0.4, 0.5) is 5.69 Å². The molecule has 1 atom stereocenters. The molecule has 0 fully saturated rings. The third kappa shape index (κ3) is 6.75. The van der Waals surface area contributed by atoms with Crippen molar-refractivity contribution in [1.82, 2.24) is 10.2 Å². The third-order valence-electron chi connectivity index (χ3n) is 4.78. The van der Waals surface area contributed by atoms with Crippen LogP contribution in [0.3, 0.4) is 0 Å². The van der Waals surface area contributed by atoms with Crippen molar-refractivity contribution < 1.29 is 18.0 Å². The van der Waals surface area contributed by atoms with Gasteiger partial charge in [-0.25, -0.2) is 8.42 Å². The van der Waals surface area contributed by atoms with E-state index in [0.29, 0.717) is 27.1 Å². The normalized spacial score (nSPS) is 12.2. The average molecular weight is 521 g/mol. The Hall–Kier alpha value is -2.00. The number of carbonyl (C=O) groups excluding carboxylic acids is 2. The summed E-state index contributed by atoms with van der Waals surface area (Å²) >= 11 is 18.2. The summed E-state index contributed by atoms with van der Waals surface area (Å²) < 4.78 is 25.9. The van der Waals surface area contributed by atoms with Gasteiger partial charge in [-0.15, -0.1) is 0 Å². The molecular formula is C21H24Cl3N3O4S. The predicted octanol–water partition coefficient (Wildman–Crippen LogP) is 3.97. The van der Waals surface area contributed by atoms with E-state index in [1.54, 1.807) is 25.1 Å². The molecule has 0 saturated heterocycles. The number of benzene rings is 2. The van der Waals surface area contributed by atoms with Crippen LogP contribution >= 0.6 is 34.8 Å². The molecule has 0 aliphatic heterocycles. The Morgan fingerprint density at radius 1 is 1.03 bits per heavy atom. The van der Waals surface area contributed by atoms with Crippen LogP contribution in [0.25, 0.3) is 0 Å². The summed E-state index contributed by atoms with van der Waals surface area (Å²) in [6, 6.07) is 10.1. The quantitative estimate of drug-likeness (QED) is 0.542. The highest BCUT2D eigenvalue weighted by molar-refractivity contribution is 7.92. The predicted molar refractivity (Wildman–Crippen MR) is 129 cm³/mol. The van der Waals surface area contributed by atoms with E-state index in [2.05, 4.69) is 5.32 Å². The lowest BCUT2D eigenvalue weighted by atomic mass is 10.1. The number of sulfonamides is 1. The molecule has 2 amide bonds. The van der Waals surface area contributed by atoms with Crippen LogP contribution < -0.4 is 9.62 Å². The molecule has 0 aromatic heterocycles. The van der Waals surface area contributed by atoms with Gasteiger partial charge >= 0.3 is 0 Å². The highest BCUT2D eigenvalue weighted by Gasteiger charge is 2.31. The minimum Gasteiger partial charge on any atom is -0.357 e. The zero-order chi connectivity index (χ0) is 24.1. The van der Waals surface area contributed by atoms with E-state index in [-0.39, 0.29) is 18.1 Å². The maximum Gasteiger partial charge on any atom is 0.244 e. The summed E-state index contributed by atoms with van der Waals surface area (Å²) in [4.78, 5) is 27.2. The van der Waals surface area contributed by atoms with Crippen LogP contribution in [0.15, 0.2) is 42.5 Å². The molecule has 0 aliphatic carbocycles. The zero-order valence-corrected chi connectivity index (χ0v) is 20.9. The summed E-state index contributed by atoms with van der Waals surface area (Å²) in [6.07, 6.45) is 1.32. The lowest BCUT2D eigenvalue weighted by molar-refractivity contribution is -0.140. The van der Waals surface area contributed by atoms with Crippen molar-refractivity contribution in [1.29, 1.82) is 0 Å². The Bertz CT molecular complexity index is 1080. The molecule has 7 nitrogen and oxygen atoms in total. The van der Waals surface area contributed by atoms with Gasteiger partial charge in [0.1, 0.15) is 12.6 Å². The molecular weight excluding hydrogens is 497 g/mol. The fourth-order valence-corrected chi connectivity index (χ4v) is 4.58. The monoisotopic (exact) mass is 519 g/mol. The second-order valence-corrected chi connectivity index (χ2v) is 10.2. The Labute approximate surface area is 203 Å². The van der Waals surface area contributed by atoms with Crippen LogP contribution in [-0.4, -0.2) is 51.0 Å². The number of hydrogen-bond donors (Lipinski definition) is 1. The number of anilines is 1. The van der Waals surface area contributed by atoms with Gasteiger partial charge in [0.25, 0.3) is 0 Å². The molecule has 11 heteroatoms. The van der Waals surface area contributed by atoms with Crippen molar-refractivity contribution in [2.24, 2.45) is 0 Å². The Kier molecular flexibility index (Phi) is 9.21. The number of hydrogen-bond acceptors (Lipinski definition) is 4. The fraction of sp³-hybridized carbons (Fsp3) is 0.333. The molecule has 0 bridgehead atoms. The number of nitrogens with one attached hydrogen (secondary N) is 1. The number of amides is 2. The first-order valence-electron chi connectivity index (χ1n) is 9.66. The Balaban J connectivity index is 2.44. The number of carbonyl (C=O) groups is 2. The third-order valence-corrected chi connectivity index (χ3v) is 6.76. The van der Waals surface area contributed by atoms with Gasteiger partial charge < -0.3 is 10.2 Å². The van der Waals surface area contributed by atoms with E-state index in [9.17, 15) is 18.0 Å². The molecule has 0 saturated carbocycles. The fourth-order valence-electron chi connectivity index (χ4n) is 3.14. The summed E-state index contributed by atoms with van der Waals surface area (Å²) in [5.41, 5.74) is 0.854. The minimum atomic E-state index is -3.81. The molecule has 1 unspecified atom stereocenters. The lowest BCUT2D eigenvalue weighted by Crippen LogP contribution is -2.51. The second kappa shape index (κ2) is 11.2. The van der Waals surface area contributed by atoms with Gasteiger partial charge in [-0.2, -0.15) is 0 Å². The Morgan fingerprint density at radius 2 is 1.62 bits per heavy atom. The molecule has 2 rings (SSSR count). The minimum absolute atomic E-state index is 0.00101. The molecule has 2 aromatic rings. The first-order valence-corrected chi connectivity index (χ1v) is 12.6. The van der Waals surface area contributed by atoms with Gasteiger partial charge in [0, 0.05) is 28.7 Å². The zero-order valence-electron chi connectivity index (χ0n) is 17.8. The van der Waals surface area contributed by atoms with Crippen LogP contribution in [0.1, 0.15) is 18.9 Å². The smallest absolute Gasteiger partial charge is 0.244 e. The molecule has 0 heterocycles. The van der Waals surface area contributed by atoms with Gasteiger partial charge in [0.15, 0.2) is 0 Å². The van der Waals surface area contributed by atoms with Crippen LogP contribution in [0.5, 0.6) is 0 Å². The number of likely N-dealkylation sites (N-methyl/N-ethyl adjacent to an activating group) is 1. The maximum absolute atomic E-state index is 13.4. The van der Waals surface area contributed by atoms with Gasteiger partial charge in [0.2, 0.25) is 21.8 Å². The number of halogens is 3. The molecule has 1 N–H and O–H groups in total. The molecule has 0 radical (unpaired) electrons. The van der Waals surface area contributed by atoms with E-state index >= 15 is 0 Å². The van der Waals surface area contributed by atoms with E-state index in [1.165, 1.54) is 36.2 Å². The highest BCUT2D eigenvalue weighted by Crippen LogP contribution is 2.25. The van der Waals surface area contributed by atoms with Crippen LogP contribution in [-0.2, 0) is 26.2 Å². The molecule has 2 aromatic carbocycles. The SMILES string of the molecule is CCC(C(=O)NC)N(Cc1ccc(Cl)cc1Cl)C(=O)CN(c1ccc(Cl)cc1)S(C)(=O)=O. The summed E-state index contributed by atoms with van der Waals surface area (Å²) in [5.74, 6) is -0.935. The van der Waals surface area contributed by atoms with Gasteiger partial charge in [0.05, 0.1) is 11.9 Å². The summed E-state index contributed by atoms with van der Waals surface area (Å²) in [5, 5.41) is 3.74. The van der Waals surface area contributed by atoms with Gasteiger partial charge in [-0.05, 0) is 48.4 Å². The molecule has 0 aliphatic rings. The first kappa shape index (κ1) is 26.3. The second-order valence-electron chi connectivity index (χ2n) is 7.04. The van der Waals surface area contributed by atoms with E-state index in [0.717, 1.165) is 10.6 Å². The number of nitrogens with zero attached hydrogens (tertiary/aromatic N) is 2. The van der Waals surface area contributed by atoms with Crippen molar-refractivity contribution in [2.75, 3.05) is 24.2 Å². The van der Waals surface area contributed by atoms with Crippen LogP contribution in [0.2, 0.25) is 15.1 Å². The summed E-state index contributed by atoms with van der Waals surface area (Å²) in [6.45, 7) is 1.26. The van der Waals surface area contributed by atoms with Crippen molar-refractivity contribution in [3.63, 3.8) is 0 Å². The van der Waals surface area contributed by atoms with Gasteiger partial charge in [-0.1, -0.05) is 47.8 Å². The van der Waals surface area contributed by atoms with Crippen molar-refractivity contribution in [3.05, 3.63) is 63.1 Å². The Morgan fingerprint density at radius 3 is 2.12 bits per heavy atom.